The molecule has 0 aromatic carbocycles. The molecule has 1 heteroatoms. The van der Waals surface area contributed by atoms with Crippen LogP contribution in [0.1, 0.15) is 58.8 Å². The maximum absolute atomic E-state index is 3.80. The predicted octanol–water partition coefficient (Wildman–Crippen LogP) is 3.59. The monoisotopic (exact) mass is 209 g/mol. The molecule has 0 aromatic heterocycles. The second kappa shape index (κ2) is 5.34. The van der Waals surface area contributed by atoms with Gasteiger partial charge in [-0.25, -0.2) is 0 Å². The van der Waals surface area contributed by atoms with Gasteiger partial charge in [0, 0.05) is 6.04 Å². The maximum atomic E-state index is 3.80. The molecule has 1 nitrogen and oxygen atoms in total. The summed E-state index contributed by atoms with van der Waals surface area (Å²) in [5.41, 5.74) is 0. The van der Waals surface area contributed by atoms with Gasteiger partial charge in [0.25, 0.3) is 0 Å². The van der Waals surface area contributed by atoms with Crippen LogP contribution in [0.25, 0.3) is 0 Å². The van der Waals surface area contributed by atoms with Crippen molar-refractivity contribution in [2.75, 3.05) is 6.54 Å². The molecule has 0 radical (unpaired) electrons. The quantitative estimate of drug-likeness (QED) is 0.733. The molecule has 4 unspecified atom stereocenters. The Balaban J connectivity index is 1.99. The van der Waals surface area contributed by atoms with Crippen molar-refractivity contribution in [3.63, 3.8) is 0 Å². The molecule has 0 spiro atoms. The Labute approximate surface area is 95.0 Å². The van der Waals surface area contributed by atoms with E-state index in [-0.39, 0.29) is 0 Å². The van der Waals surface area contributed by atoms with Gasteiger partial charge in [-0.05, 0) is 43.6 Å². The van der Waals surface area contributed by atoms with Gasteiger partial charge < -0.3 is 5.32 Å². The molecule has 88 valence electrons. The summed E-state index contributed by atoms with van der Waals surface area (Å²) in [6, 6.07) is 0.837. The third-order valence-electron chi connectivity index (χ3n) is 4.78. The van der Waals surface area contributed by atoms with E-state index in [1.807, 2.05) is 0 Å². The van der Waals surface area contributed by atoms with Crippen LogP contribution >= 0.6 is 0 Å². The first kappa shape index (κ1) is 11.4. The standard InChI is InChI=1S/C14H27N/c1-3-12-8-4-5-9-13(12)14-11(2)7-6-10-15-14/h11-15H,3-10H2,1-2H3. The number of hydrogen-bond acceptors (Lipinski definition) is 1. The van der Waals surface area contributed by atoms with Crippen LogP contribution < -0.4 is 5.32 Å². The van der Waals surface area contributed by atoms with E-state index in [9.17, 15) is 0 Å². The minimum Gasteiger partial charge on any atom is -0.313 e. The van der Waals surface area contributed by atoms with Crippen LogP contribution in [-0.4, -0.2) is 12.6 Å². The fraction of sp³-hybridized carbons (Fsp3) is 1.00. The summed E-state index contributed by atoms with van der Waals surface area (Å²) in [6.45, 7) is 6.11. The second-order valence-corrected chi connectivity index (χ2v) is 5.72. The van der Waals surface area contributed by atoms with Crippen LogP contribution in [0.2, 0.25) is 0 Å². The van der Waals surface area contributed by atoms with Crippen LogP contribution in [0, 0.1) is 17.8 Å². The van der Waals surface area contributed by atoms with E-state index in [0.717, 1.165) is 23.8 Å². The normalized spacial score (nSPS) is 42.8. The molecule has 0 amide bonds. The van der Waals surface area contributed by atoms with E-state index >= 15 is 0 Å². The lowest BCUT2D eigenvalue weighted by atomic mass is 9.69. The Morgan fingerprint density at radius 3 is 2.60 bits per heavy atom. The molecule has 2 aliphatic rings. The highest BCUT2D eigenvalue weighted by molar-refractivity contribution is 4.89. The van der Waals surface area contributed by atoms with Crippen molar-refractivity contribution in [2.24, 2.45) is 17.8 Å². The second-order valence-electron chi connectivity index (χ2n) is 5.72. The summed E-state index contributed by atoms with van der Waals surface area (Å²) in [5.74, 6) is 2.91. The Kier molecular flexibility index (Phi) is 4.07. The molecule has 2 rings (SSSR count). The van der Waals surface area contributed by atoms with E-state index < -0.39 is 0 Å². The van der Waals surface area contributed by atoms with E-state index in [0.29, 0.717) is 0 Å². The number of hydrogen-bond donors (Lipinski definition) is 1. The Bertz CT molecular complexity index is 190. The van der Waals surface area contributed by atoms with Crippen LogP contribution in [0.4, 0.5) is 0 Å². The lowest BCUT2D eigenvalue weighted by Gasteiger charge is -2.42. The van der Waals surface area contributed by atoms with Gasteiger partial charge in [-0.1, -0.05) is 39.5 Å². The molecule has 1 aliphatic carbocycles. The van der Waals surface area contributed by atoms with Gasteiger partial charge in [-0.2, -0.15) is 0 Å². The zero-order valence-electron chi connectivity index (χ0n) is 10.5. The van der Waals surface area contributed by atoms with Gasteiger partial charge in [0.1, 0.15) is 0 Å². The highest BCUT2D eigenvalue weighted by Crippen LogP contribution is 2.38. The summed E-state index contributed by atoms with van der Waals surface area (Å²) in [6.07, 6.45) is 10.2. The summed E-state index contributed by atoms with van der Waals surface area (Å²) < 4.78 is 0. The first-order chi connectivity index (χ1) is 7.33. The van der Waals surface area contributed by atoms with E-state index in [4.69, 9.17) is 0 Å². The molecular weight excluding hydrogens is 182 g/mol. The first-order valence-corrected chi connectivity index (χ1v) is 7.06. The summed E-state index contributed by atoms with van der Waals surface area (Å²) >= 11 is 0. The highest BCUT2D eigenvalue weighted by Gasteiger charge is 2.34. The van der Waals surface area contributed by atoms with Crippen molar-refractivity contribution in [3.8, 4) is 0 Å². The molecular formula is C14H27N. The molecule has 1 saturated heterocycles. The number of nitrogens with one attached hydrogen (secondary N) is 1. The summed E-state index contributed by atoms with van der Waals surface area (Å²) in [7, 11) is 0. The molecule has 1 N–H and O–H groups in total. The molecule has 0 bridgehead atoms. The van der Waals surface area contributed by atoms with E-state index in [2.05, 4.69) is 19.2 Å². The lowest BCUT2D eigenvalue weighted by Crippen LogP contribution is -2.48. The van der Waals surface area contributed by atoms with Crippen molar-refractivity contribution < 1.29 is 0 Å². The van der Waals surface area contributed by atoms with Gasteiger partial charge in [0.2, 0.25) is 0 Å². The first-order valence-electron chi connectivity index (χ1n) is 7.06. The fourth-order valence-corrected chi connectivity index (χ4v) is 3.86. The van der Waals surface area contributed by atoms with Gasteiger partial charge in [0.15, 0.2) is 0 Å². The Morgan fingerprint density at radius 1 is 1.07 bits per heavy atom. The topological polar surface area (TPSA) is 12.0 Å². The van der Waals surface area contributed by atoms with Crippen molar-refractivity contribution in [2.45, 2.75) is 64.8 Å². The molecule has 1 heterocycles. The van der Waals surface area contributed by atoms with Crippen molar-refractivity contribution in [3.05, 3.63) is 0 Å². The van der Waals surface area contributed by atoms with Gasteiger partial charge >= 0.3 is 0 Å². The smallest absolute Gasteiger partial charge is 0.0124 e. The predicted molar refractivity (Wildman–Crippen MR) is 65.9 cm³/mol. The summed E-state index contributed by atoms with van der Waals surface area (Å²) in [4.78, 5) is 0. The minimum absolute atomic E-state index is 0.837. The van der Waals surface area contributed by atoms with Crippen LogP contribution in [0.3, 0.4) is 0 Å². The van der Waals surface area contributed by atoms with Crippen LogP contribution in [0.15, 0.2) is 0 Å². The Hall–Kier alpha value is -0.0400. The van der Waals surface area contributed by atoms with Gasteiger partial charge in [0.05, 0.1) is 0 Å². The van der Waals surface area contributed by atoms with Crippen molar-refractivity contribution in [1.29, 1.82) is 0 Å². The van der Waals surface area contributed by atoms with Crippen LogP contribution in [-0.2, 0) is 0 Å². The van der Waals surface area contributed by atoms with Crippen LogP contribution in [0.5, 0.6) is 0 Å². The van der Waals surface area contributed by atoms with E-state index in [1.54, 1.807) is 0 Å². The zero-order valence-corrected chi connectivity index (χ0v) is 10.5. The third-order valence-corrected chi connectivity index (χ3v) is 4.78. The molecule has 1 aliphatic heterocycles. The van der Waals surface area contributed by atoms with Gasteiger partial charge in [-0.3, -0.25) is 0 Å². The average Bonchev–Trinajstić information content (AvgIpc) is 2.30. The lowest BCUT2D eigenvalue weighted by molar-refractivity contribution is 0.123. The minimum atomic E-state index is 0.837. The zero-order chi connectivity index (χ0) is 10.7. The van der Waals surface area contributed by atoms with Gasteiger partial charge in [-0.15, -0.1) is 0 Å². The van der Waals surface area contributed by atoms with E-state index in [1.165, 1.54) is 51.5 Å². The summed E-state index contributed by atoms with van der Waals surface area (Å²) in [5, 5.41) is 3.80. The molecule has 0 aromatic rings. The number of rotatable bonds is 2. The average molecular weight is 209 g/mol. The highest BCUT2D eigenvalue weighted by atomic mass is 14.9. The fourth-order valence-electron chi connectivity index (χ4n) is 3.86. The third kappa shape index (κ3) is 2.55. The van der Waals surface area contributed by atoms with Crippen molar-refractivity contribution in [1.82, 2.24) is 5.32 Å². The molecule has 1 saturated carbocycles. The largest absolute Gasteiger partial charge is 0.313 e. The molecule has 15 heavy (non-hydrogen) atoms. The molecule has 4 atom stereocenters. The number of piperidine rings is 1. The SMILES string of the molecule is CCC1CCCCC1C1NCCCC1C. The molecule has 2 fully saturated rings. The maximum Gasteiger partial charge on any atom is 0.0124 e. The Morgan fingerprint density at radius 2 is 1.87 bits per heavy atom. The van der Waals surface area contributed by atoms with Crippen molar-refractivity contribution >= 4 is 0 Å².